The molecule has 0 saturated heterocycles. The number of benzene rings is 2. The van der Waals surface area contributed by atoms with Crippen LogP contribution < -0.4 is 10.6 Å². The summed E-state index contributed by atoms with van der Waals surface area (Å²) in [5.41, 5.74) is 2.66. The second-order valence-electron chi connectivity index (χ2n) is 6.39. The molecule has 0 amide bonds. The molecule has 2 rings (SSSR count). The molecule has 0 aliphatic carbocycles. The van der Waals surface area contributed by atoms with Crippen LogP contribution in [0.1, 0.15) is 27.2 Å². The van der Waals surface area contributed by atoms with Gasteiger partial charge in [-0.25, -0.2) is 4.39 Å². The fourth-order valence-corrected chi connectivity index (χ4v) is 2.03. The van der Waals surface area contributed by atoms with E-state index in [0.29, 0.717) is 11.1 Å². The van der Waals surface area contributed by atoms with Crippen LogP contribution in [0, 0.1) is 11.2 Å². The van der Waals surface area contributed by atoms with Crippen molar-refractivity contribution in [1.82, 2.24) is 0 Å². The highest BCUT2D eigenvalue weighted by molar-refractivity contribution is 5.74. The van der Waals surface area contributed by atoms with Crippen molar-refractivity contribution in [1.29, 1.82) is 0 Å². The zero-order valence-corrected chi connectivity index (χ0v) is 12.9. The molecular weight excluding hydrogens is 263 g/mol. The maximum Gasteiger partial charge on any atom is 0.146 e. The highest BCUT2D eigenvalue weighted by Crippen LogP contribution is 2.27. The third-order valence-corrected chi connectivity index (χ3v) is 3.26. The van der Waals surface area contributed by atoms with Gasteiger partial charge < -0.3 is 10.6 Å². The van der Waals surface area contributed by atoms with Crippen LogP contribution in [-0.4, -0.2) is 6.54 Å². The van der Waals surface area contributed by atoms with Crippen LogP contribution in [-0.2, 0) is 0 Å². The molecule has 0 aliphatic heterocycles. The van der Waals surface area contributed by atoms with Gasteiger partial charge in [0, 0.05) is 6.54 Å². The van der Waals surface area contributed by atoms with Crippen molar-refractivity contribution in [3.63, 3.8) is 0 Å². The maximum atomic E-state index is 13.7. The van der Waals surface area contributed by atoms with Crippen LogP contribution in [0.2, 0.25) is 0 Å². The molecule has 3 heteroatoms. The second-order valence-corrected chi connectivity index (χ2v) is 6.39. The molecule has 0 aromatic heterocycles. The molecular formula is C18H23FN2. The van der Waals surface area contributed by atoms with E-state index in [1.165, 1.54) is 6.07 Å². The number of rotatable bonds is 5. The van der Waals surface area contributed by atoms with Crippen molar-refractivity contribution in [2.24, 2.45) is 5.41 Å². The summed E-state index contributed by atoms with van der Waals surface area (Å²) in [4.78, 5) is 0. The zero-order valence-electron chi connectivity index (χ0n) is 12.9. The molecule has 2 aromatic rings. The normalized spacial score (nSPS) is 11.2. The van der Waals surface area contributed by atoms with Crippen LogP contribution in [0.25, 0.3) is 0 Å². The minimum atomic E-state index is -0.248. The molecule has 0 spiro atoms. The monoisotopic (exact) mass is 286 g/mol. The Morgan fingerprint density at radius 3 is 2.05 bits per heavy atom. The first-order valence-electron chi connectivity index (χ1n) is 7.30. The average molecular weight is 286 g/mol. The summed E-state index contributed by atoms with van der Waals surface area (Å²) >= 11 is 0. The van der Waals surface area contributed by atoms with E-state index in [2.05, 4.69) is 31.4 Å². The van der Waals surface area contributed by atoms with E-state index < -0.39 is 0 Å². The Morgan fingerprint density at radius 2 is 1.43 bits per heavy atom. The van der Waals surface area contributed by atoms with E-state index in [-0.39, 0.29) is 5.82 Å². The Morgan fingerprint density at radius 1 is 0.857 bits per heavy atom. The Bertz CT molecular complexity index is 588. The molecule has 0 saturated carbocycles. The van der Waals surface area contributed by atoms with Crippen molar-refractivity contribution < 1.29 is 4.39 Å². The maximum absolute atomic E-state index is 13.7. The third-order valence-electron chi connectivity index (χ3n) is 3.26. The van der Waals surface area contributed by atoms with Crippen molar-refractivity contribution in [3.05, 3.63) is 54.3 Å². The smallest absolute Gasteiger partial charge is 0.146 e. The van der Waals surface area contributed by atoms with E-state index in [9.17, 15) is 4.39 Å². The van der Waals surface area contributed by atoms with Crippen LogP contribution in [0.3, 0.4) is 0 Å². The van der Waals surface area contributed by atoms with Crippen LogP contribution in [0.5, 0.6) is 0 Å². The SMILES string of the molecule is CC(C)(C)CCNc1ccccc1Nc1ccccc1F. The molecule has 0 bridgehead atoms. The molecule has 2 N–H and O–H groups in total. The molecule has 2 aromatic carbocycles. The first-order valence-corrected chi connectivity index (χ1v) is 7.30. The molecule has 0 heterocycles. The Hall–Kier alpha value is -2.03. The summed E-state index contributed by atoms with van der Waals surface area (Å²) in [6, 6.07) is 14.6. The van der Waals surface area contributed by atoms with E-state index >= 15 is 0 Å². The summed E-state index contributed by atoms with van der Waals surface area (Å²) in [6.45, 7) is 7.55. The Labute approximate surface area is 126 Å². The lowest BCUT2D eigenvalue weighted by atomic mass is 9.92. The second kappa shape index (κ2) is 6.61. The van der Waals surface area contributed by atoms with Crippen molar-refractivity contribution in [2.45, 2.75) is 27.2 Å². The number of nitrogens with one attached hydrogen (secondary N) is 2. The summed E-state index contributed by atoms with van der Waals surface area (Å²) < 4.78 is 13.7. The minimum Gasteiger partial charge on any atom is -0.383 e. The summed E-state index contributed by atoms with van der Waals surface area (Å²) in [5, 5.41) is 6.58. The highest BCUT2D eigenvalue weighted by Gasteiger charge is 2.10. The molecule has 21 heavy (non-hydrogen) atoms. The molecule has 112 valence electrons. The minimum absolute atomic E-state index is 0.248. The lowest BCUT2D eigenvalue weighted by Crippen LogP contribution is -2.13. The lowest BCUT2D eigenvalue weighted by Gasteiger charge is -2.20. The number of hydrogen-bond acceptors (Lipinski definition) is 2. The van der Waals surface area contributed by atoms with Gasteiger partial charge in [-0.15, -0.1) is 0 Å². The lowest BCUT2D eigenvalue weighted by molar-refractivity contribution is 0.390. The number of para-hydroxylation sites is 3. The average Bonchev–Trinajstić information content (AvgIpc) is 2.42. The molecule has 2 nitrogen and oxygen atoms in total. The fraction of sp³-hybridized carbons (Fsp3) is 0.333. The first kappa shape index (κ1) is 15.4. The third kappa shape index (κ3) is 4.78. The Kier molecular flexibility index (Phi) is 4.84. The largest absolute Gasteiger partial charge is 0.383 e. The van der Waals surface area contributed by atoms with Crippen molar-refractivity contribution in [2.75, 3.05) is 17.2 Å². The van der Waals surface area contributed by atoms with Gasteiger partial charge in [-0.2, -0.15) is 0 Å². The highest BCUT2D eigenvalue weighted by atomic mass is 19.1. The standard InChI is InChI=1S/C18H23FN2/c1-18(2,3)12-13-20-16-10-6-7-11-17(16)21-15-9-5-4-8-14(15)19/h4-11,20-21H,12-13H2,1-3H3. The van der Waals surface area contributed by atoms with E-state index in [1.54, 1.807) is 12.1 Å². The molecule has 0 aliphatic rings. The Balaban J connectivity index is 2.08. The van der Waals surface area contributed by atoms with Gasteiger partial charge in [0.05, 0.1) is 17.1 Å². The van der Waals surface area contributed by atoms with Gasteiger partial charge in [-0.3, -0.25) is 0 Å². The van der Waals surface area contributed by atoms with Crippen molar-refractivity contribution in [3.8, 4) is 0 Å². The fourth-order valence-electron chi connectivity index (χ4n) is 2.03. The number of anilines is 3. The van der Waals surface area contributed by atoms with E-state index in [4.69, 9.17) is 0 Å². The summed E-state index contributed by atoms with van der Waals surface area (Å²) in [7, 11) is 0. The van der Waals surface area contributed by atoms with Gasteiger partial charge in [0.1, 0.15) is 5.82 Å². The van der Waals surface area contributed by atoms with Gasteiger partial charge in [-0.1, -0.05) is 45.0 Å². The summed E-state index contributed by atoms with van der Waals surface area (Å²) in [6.07, 6.45) is 1.07. The van der Waals surface area contributed by atoms with Crippen LogP contribution in [0.4, 0.5) is 21.5 Å². The quantitative estimate of drug-likeness (QED) is 0.767. The summed E-state index contributed by atoms with van der Waals surface area (Å²) in [5.74, 6) is -0.248. The first-order chi connectivity index (χ1) is 9.96. The van der Waals surface area contributed by atoms with Crippen molar-refractivity contribution >= 4 is 17.1 Å². The predicted molar refractivity (Wildman–Crippen MR) is 88.7 cm³/mol. The zero-order chi connectivity index (χ0) is 15.3. The molecule has 0 radical (unpaired) electrons. The van der Waals surface area contributed by atoms with Gasteiger partial charge in [0.2, 0.25) is 0 Å². The van der Waals surface area contributed by atoms with E-state index in [1.807, 2.05) is 30.3 Å². The topological polar surface area (TPSA) is 24.1 Å². The molecule has 0 atom stereocenters. The number of hydrogen-bond donors (Lipinski definition) is 2. The number of halogens is 1. The van der Waals surface area contributed by atoms with Gasteiger partial charge in [-0.05, 0) is 36.1 Å². The predicted octanol–water partition coefficient (Wildman–Crippen LogP) is 5.42. The molecule has 0 fully saturated rings. The van der Waals surface area contributed by atoms with Gasteiger partial charge >= 0.3 is 0 Å². The van der Waals surface area contributed by atoms with E-state index in [0.717, 1.165) is 24.3 Å². The molecule has 0 unspecified atom stereocenters. The van der Waals surface area contributed by atoms with Crippen LogP contribution in [0.15, 0.2) is 48.5 Å². The van der Waals surface area contributed by atoms with Gasteiger partial charge in [0.25, 0.3) is 0 Å². The van der Waals surface area contributed by atoms with Crippen LogP contribution >= 0.6 is 0 Å². The van der Waals surface area contributed by atoms with Gasteiger partial charge in [0.15, 0.2) is 0 Å².